The molecule has 0 amide bonds. The molecule has 0 saturated carbocycles. The number of sulfonamides is 1. The largest absolute Gasteiger partial charge is 0.267 e. The van der Waals surface area contributed by atoms with E-state index in [2.05, 4.69) is 15.1 Å². The van der Waals surface area contributed by atoms with Crippen molar-refractivity contribution in [3.05, 3.63) is 46.7 Å². The van der Waals surface area contributed by atoms with Gasteiger partial charge in [-0.3, -0.25) is 0 Å². The molecule has 10 heteroatoms. The Morgan fingerprint density at radius 3 is 2.56 bits per heavy atom. The van der Waals surface area contributed by atoms with Crippen LogP contribution in [0.5, 0.6) is 0 Å². The first-order valence-electron chi connectivity index (χ1n) is 7.20. The fourth-order valence-electron chi connectivity index (χ4n) is 2.30. The van der Waals surface area contributed by atoms with Gasteiger partial charge in [0.1, 0.15) is 6.54 Å². The summed E-state index contributed by atoms with van der Waals surface area (Å²) in [6, 6.07) is 9.63. The minimum absolute atomic E-state index is 0.0444. The van der Waals surface area contributed by atoms with Gasteiger partial charge < -0.3 is 0 Å². The van der Waals surface area contributed by atoms with E-state index in [0.717, 1.165) is 4.31 Å². The van der Waals surface area contributed by atoms with Crippen LogP contribution in [0, 0.1) is 25.2 Å². The van der Waals surface area contributed by atoms with Crippen LogP contribution in [0.15, 0.2) is 35.2 Å². The number of hydrogen-bond acceptors (Lipinski definition) is 6. The van der Waals surface area contributed by atoms with Gasteiger partial charge in [-0.1, -0.05) is 29.8 Å². The maximum absolute atomic E-state index is 12.9. The van der Waals surface area contributed by atoms with Crippen molar-refractivity contribution in [1.29, 1.82) is 5.26 Å². The number of nitrogens with zero attached hydrogens (tertiary/aromatic N) is 6. The Morgan fingerprint density at radius 1 is 1.24 bits per heavy atom. The van der Waals surface area contributed by atoms with Crippen LogP contribution in [0.2, 0.25) is 5.02 Å². The van der Waals surface area contributed by atoms with Crippen molar-refractivity contribution >= 4 is 33.4 Å². The molecule has 0 aliphatic carbocycles. The molecule has 3 rings (SSSR count). The van der Waals surface area contributed by atoms with Gasteiger partial charge in [0.2, 0.25) is 0 Å². The van der Waals surface area contributed by atoms with E-state index in [4.69, 9.17) is 16.9 Å². The summed E-state index contributed by atoms with van der Waals surface area (Å²) in [5.41, 5.74) is 1.14. The van der Waals surface area contributed by atoms with Gasteiger partial charge in [-0.05, 0) is 26.0 Å². The van der Waals surface area contributed by atoms with Gasteiger partial charge in [0.15, 0.2) is 0 Å². The van der Waals surface area contributed by atoms with E-state index in [1.165, 1.54) is 16.6 Å². The molecule has 0 unspecified atom stereocenters. The predicted molar refractivity (Wildman–Crippen MR) is 91.9 cm³/mol. The summed E-state index contributed by atoms with van der Waals surface area (Å²) in [6.07, 6.45) is 0. The number of fused-ring (bicyclic) bond motifs is 1. The molecule has 0 atom stereocenters. The van der Waals surface area contributed by atoms with E-state index in [-0.39, 0.29) is 16.6 Å². The zero-order valence-electron chi connectivity index (χ0n) is 13.4. The first-order chi connectivity index (χ1) is 11.9. The van der Waals surface area contributed by atoms with Gasteiger partial charge in [-0.15, -0.1) is 5.10 Å². The molecule has 0 aliphatic rings. The van der Waals surface area contributed by atoms with Crippen LogP contribution in [0.4, 0.5) is 5.95 Å². The lowest BCUT2D eigenvalue weighted by molar-refractivity contribution is 0.592. The Morgan fingerprint density at radius 2 is 1.92 bits per heavy atom. The third-order valence-electron chi connectivity index (χ3n) is 3.57. The SMILES string of the molecule is Cc1nc2nc(N(CC#N)S(=O)(=O)c3ccccc3)nn2c(C)c1Cl. The smallest absolute Gasteiger partial charge is 0.218 e. The van der Waals surface area contributed by atoms with E-state index in [1.807, 2.05) is 6.07 Å². The molecule has 0 N–H and O–H groups in total. The quantitative estimate of drug-likeness (QED) is 0.646. The monoisotopic (exact) mass is 376 g/mol. The first-order valence-corrected chi connectivity index (χ1v) is 9.02. The van der Waals surface area contributed by atoms with Crippen molar-refractivity contribution in [3.8, 4) is 6.07 Å². The molecule has 0 bridgehead atoms. The lowest BCUT2D eigenvalue weighted by atomic mass is 10.3. The van der Waals surface area contributed by atoms with Crippen molar-refractivity contribution in [2.75, 3.05) is 10.8 Å². The Kier molecular flexibility index (Phi) is 4.32. The lowest BCUT2D eigenvalue weighted by Gasteiger charge is -2.17. The van der Waals surface area contributed by atoms with Crippen LogP contribution in [-0.2, 0) is 10.0 Å². The van der Waals surface area contributed by atoms with Gasteiger partial charge in [0.05, 0.1) is 27.4 Å². The highest BCUT2D eigenvalue weighted by Gasteiger charge is 2.28. The second-order valence-corrected chi connectivity index (χ2v) is 7.44. The van der Waals surface area contributed by atoms with E-state index in [0.29, 0.717) is 16.4 Å². The van der Waals surface area contributed by atoms with Crippen molar-refractivity contribution in [1.82, 2.24) is 19.6 Å². The summed E-state index contributed by atoms with van der Waals surface area (Å²) in [5, 5.41) is 13.7. The molecule has 0 radical (unpaired) electrons. The van der Waals surface area contributed by atoms with E-state index < -0.39 is 16.6 Å². The second kappa shape index (κ2) is 6.31. The van der Waals surface area contributed by atoms with E-state index >= 15 is 0 Å². The molecule has 2 aromatic heterocycles. The molecular weight excluding hydrogens is 364 g/mol. The summed E-state index contributed by atoms with van der Waals surface area (Å²) < 4.78 is 27.9. The second-order valence-electron chi connectivity index (χ2n) is 5.20. The highest BCUT2D eigenvalue weighted by Crippen LogP contribution is 2.23. The third kappa shape index (κ3) is 2.90. The van der Waals surface area contributed by atoms with Gasteiger partial charge in [0, 0.05) is 0 Å². The van der Waals surface area contributed by atoms with Crippen LogP contribution in [-0.4, -0.2) is 34.5 Å². The average Bonchev–Trinajstić information content (AvgIpc) is 3.01. The Hall–Kier alpha value is -2.70. The summed E-state index contributed by atoms with van der Waals surface area (Å²) in [6.45, 7) is 3.01. The van der Waals surface area contributed by atoms with Crippen molar-refractivity contribution in [2.24, 2.45) is 0 Å². The molecule has 8 nitrogen and oxygen atoms in total. The molecule has 1 aromatic carbocycles. The lowest BCUT2D eigenvalue weighted by Crippen LogP contribution is -2.32. The zero-order chi connectivity index (χ0) is 18.2. The molecule has 25 heavy (non-hydrogen) atoms. The standard InChI is InChI=1S/C15H13ClN6O2S/c1-10-13(16)11(2)22-14(18-10)19-15(20-22)21(9-8-17)25(23,24)12-6-4-3-5-7-12/h3-7H,9H2,1-2H3. The normalized spacial score (nSPS) is 11.4. The minimum Gasteiger partial charge on any atom is -0.218 e. The van der Waals surface area contributed by atoms with Gasteiger partial charge >= 0.3 is 0 Å². The summed E-state index contributed by atoms with van der Waals surface area (Å²) in [5.74, 6) is 0.0725. The van der Waals surface area contributed by atoms with Crippen LogP contribution in [0.1, 0.15) is 11.4 Å². The average molecular weight is 377 g/mol. The fraction of sp³-hybridized carbons (Fsp3) is 0.200. The fourth-order valence-corrected chi connectivity index (χ4v) is 3.70. The van der Waals surface area contributed by atoms with Crippen LogP contribution in [0.25, 0.3) is 5.78 Å². The molecule has 3 aromatic rings. The Bertz CT molecular complexity index is 1090. The zero-order valence-corrected chi connectivity index (χ0v) is 15.0. The minimum atomic E-state index is -3.99. The maximum atomic E-state index is 12.9. The first kappa shape index (κ1) is 17.1. The van der Waals surface area contributed by atoms with Crippen molar-refractivity contribution < 1.29 is 8.42 Å². The topological polar surface area (TPSA) is 104 Å². The van der Waals surface area contributed by atoms with Gasteiger partial charge in [0.25, 0.3) is 21.7 Å². The molecule has 0 saturated heterocycles. The number of rotatable bonds is 4. The molecule has 128 valence electrons. The highest BCUT2D eigenvalue weighted by molar-refractivity contribution is 7.92. The summed E-state index contributed by atoms with van der Waals surface area (Å²) >= 11 is 6.16. The van der Waals surface area contributed by atoms with Gasteiger partial charge in [-0.25, -0.2) is 17.7 Å². The molecule has 0 fully saturated rings. The predicted octanol–water partition coefficient (Wildman–Crippen LogP) is 2.11. The number of aryl methyl sites for hydroxylation is 2. The molecule has 0 spiro atoms. The number of aromatic nitrogens is 4. The number of benzene rings is 1. The Balaban J connectivity index is 2.19. The Labute approximate surface area is 149 Å². The van der Waals surface area contributed by atoms with E-state index in [1.54, 1.807) is 32.0 Å². The van der Waals surface area contributed by atoms with Crippen molar-refractivity contribution in [3.63, 3.8) is 0 Å². The number of anilines is 1. The number of nitriles is 1. The van der Waals surface area contributed by atoms with E-state index in [9.17, 15) is 8.42 Å². The molecular formula is C15H13ClN6O2S. The van der Waals surface area contributed by atoms with Crippen LogP contribution < -0.4 is 4.31 Å². The molecule has 2 heterocycles. The highest BCUT2D eigenvalue weighted by atomic mass is 35.5. The van der Waals surface area contributed by atoms with Crippen LogP contribution in [0.3, 0.4) is 0 Å². The summed E-state index contributed by atoms with van der Waals surface area (Å²) in [7, 11) is -3.99. The van der Waals surface area contributed by atoms with Crippen molar-refractivity contribution in [2.45, 2.75) is 18.7 Å². The molecule has 0 aliphatic heterocycles. The third-order valence-corrected chi connectivity index (χ3v) is 5.86. The van der Waals surface area contributed by atoms with Gasteiger partial charge in [-0.2, -0.15) is 14.8 Å². The summed E-state index contributed by atoms with van der Waals surface area (Å²) in [4.78, 5) is 8.42. The maximum Gasteiger partial charge on any atom is 0.267 e. The van der Waals surface area contributed by atoms with Crippen LogP contribution >= 0.6 is 11.6 Å². The number of halogens is 1. The number of hydrogen-bond donors (Lipinski definition) is 0.